The molecule has 0 heterocycles. The fourth-order valence-corrected chi connectivity index (χ4v) is 0. The summed E-state index contributed by atoms with van der Waals surface area (Å²) < 4.78 is 8.74. The molecular weight excluding hydrogens is 168 g/mol. The average Bonchev–Trinajstić information content (AvgIpc) is 1.33. The third kappa shape index (κ3) is 429. The topological polar surface area (TPSA) is 107 Å². The number of nitrogens with zero attached hydrogens (tertiary/aromatic N) is 1. The van der Waals surface area contributed by atoms with Crippen molar-refractivity contribution in [1.82, 2.24) is 0 Å². The maximum Gasteiger partial charge on any atom is 1.00 e. The van der Waals surface area contributed by atoms with Gasteiger partial charge in [0.05, 0.1) is 0 Å². The van der Waals surface area contributed by atoms with Gasteiger partial charge in [-0.05, 0) is 0 Å². The van der Waals surface area contributed by atoms with Gasteiger partial charge in [0.15, 0.2) is 5.34 Å². The fourth-order valence-electron chi connectivity index (χ4n) is 0. The second-order valence-electron chi connectivity index (χ2n) is 0.364. The molecule has 0 unspecified atom stereocenters. The van der Waals surface area contributed by atoms with Crippen LogP contribution < -0.4 is 59.1 Å². The van der Waals surface area contributed by atoms with Crippen molar-refractivity contribution >= 4 is 9.17 Å². The van der Waals surface area contributed by atoms with E-state index in [9.17, 15) is 0 Å². The second kappa shape index (κ2) is 23.0. The Morgan fingerprint density at radius 2 is 1.33 bits per heavy atom. The molecule has 9 heavy (non-hydrogen) atoms. The van der Waals surface area contributed by atoms with Crippen LogP contribution in [-0.4, -0.2) is 24.0 Å². The summed E-state index contributed by atoms with van der Waals surface area (Å²) in [5.41, 5.74) is 0. The van der Waals surface area contributed by atoms with Crippen LogP contribution in [0.1, 0.15) is 2.85 Å². The van der Waals surface area contributed by atoms with Gasteiger partial charge in [0, 0.05) is 0 Å². The molecule has 0 aromatic rings. The van der Waals surface area contributed by atoms with Crippen molar-refractivity contribution in [2.45, 2.75) is 0 Å². The predicted octanol–water partition coefficient (Wildman–Crippen LogP) is -7.24. The summed E-state index contributed by atoms with van der Waals surface area (Å²) in [6.07, 6.45) is 0. The Morgan fingerprint density at radius 3 is 1.33 bits per heavy atom. The number of hydrogen-bond donors (Lipinski definition) is 3. The minimum absolute atomic E-state index is 0. The molecule has 0 bridgehead atoms. The van der Waals surface area contributed by atoms with E-state index >= 15 is 0 Å². The van der Waals surface area contributed by atoms with Gasteiger partial charge >= 0.3 is 68.3 Å². The molecule has 0 rings (SSSR count). The molecule has 0 aromatic carbocycles. The Balaban J connectivity index is -0.00000000848. The van der Waals surface area contributed by atoms with Crippen LogP contribution >= 0.6 is 0 Å². The van der Waals surface area contributed by atoms with Gasteiger partial charge in [-0.2, -0.15) is 0 Å². The van der Waals surface area contributed by atoms with Crippen LogP contribution in [0.4, 0.5) is 0 Å². The monoisotopic (exact) mass is 173 g/mol. The minimum atomic E-state index is -3.13. The molecule has 0 aliphatic rings. The Labute approximate surface area is 99.7 Å². The Morgan fingerprint density at radius 1 is 1.33 bits per heavy atom. The van der Waals surface area contributed by atoms with E-state index in [1.54, 1.807) is 0 Å². The van der Waals surface area contributed by atoms with E-state index in [1.807, 2.05) is 0 Å². The predicted molar refractivity (Wildman–Crippen MR) is 20.7 cm³/mol. The van der Waals surface area contributed by atoms with Crippen molar-refractivity contribution in [2.75, 3.05) is 0 Å². The molecule has 0 aliphatic carbocycles. The van der Waals surface area contributed by atoms with Gasteiger partial charge in [-0.1, -0.05) is 0 Å². The summed E-state index contributed by atoms with van der Waals surface area (Å²) in [5, 5.41) is 7.89. The first-order chi connectivity index (χ1) is 3.15. The van der Waals surface area contributed by atoms with E-state index in [0.717, 1.165) is 0 Å². The first-order valence-electron chi connectivity index (χ1n) is 1.03. The molecule has 0 spiro atoms. The Hall–Kier alpha value is 1.02. The molecule has 0 saturated heterocycles. The van der Waals surface area contributed by atoms with Crippen LogP contribution in [0.5, 0.6) is 0 Å². The number of rotatable bonds is 0. The molecule has 0 aromatic heterocycles. The molecule has 0 fully saturated rings. The minimum Gasteiger partial charge on any atom is -1.00 e. The van der Waals surface area contributed by atoms with Gasteiger partial charge in [-0.3, -0.25) is 4.46 Å². The van der Waals surface area contributed by atoms with E-state index in [0.29, 0.717) is 0 Å². The molecule has 6 nitrogen and oxygen atoms in total. The van der Waals surface area contributed by atoms with E-state index < -0.39 is 9.17 Å². The molecule has 0 aliphatic heterocycles. The van der Waals surface area contributed by atoms with Gasteiger partial charge in [-0.25, -0.2) is 0 Å². The smallest absolute Gasteiger partial charge is 1.00 e. The van der Waals surface area contributed by atoms with Gasteiger partial charge in [-0.15, -0.1) is 4.91 Å². The van der Waals surface area contributed by atoms with Gasteiger partial charge in [0.25, 0.3) is 0 Å². The summed E-state index contributed by atoms with van der Waals surface area (Å²) in [6.45, 7) is 0. The van der Waals surface area contributed by atoms with Crippen molar-refractivity contribution in [3.8, 4) is 0 Å². The van der Waals surface area contributed by atoms with Crippen molar-refractivity contribution < 1.29 is 81.2 Å². The molecule has 9 heteroatoms. The zero-order valence-corrected chi connectivity index (χ0v) is 10.1. The van der Waals surface area contributed by atoms with E-state index in [4.69, 9.17) is 24.2 Å². The van der Waals surface area contributed by atoms with E-state index in [-0.39, 0.29) is 62.0 Å². The molecular formula is H5NNa2O5Si. The second-order valence-corrected chi connectivity index (χ2v) is 0.929. The first-order valence-corrected chi connectivity index (χ1v) is 2.34. The van der Waals surface area contributed by atoms with Crippen LogP contribution in [0.15, 0.2) is 5.34 Å². The third-order valence-corrected chi connectivity index (χ3v) is 0. The van der Waals surface area contributed by atoms with Crippen LogP contribution in [0.25, 0.3) is 0 Å². The van der Waals surface area contributed by atoms with E-state index in [1.165, 1.54) is 5.34 Å². The molecule has 0 saturated carbocycles. The summed E-state index contributed by atoms with van der Waals surface area (Å²) >= 11 is 0. The zero-order chi connectivity index (χ0) is 6.28. The van der Waals surface area contributed by atoms with Gasteiger partial charge in [0.1, 0.15) is 0 Å². The summed E-state index contributed by atoms with van der Waals surface area (Å²) in [6, 6.07) is 0. The van der Waals surface area contributed by atoms with Crippen molar-refractivity contribution in [3.63, 3.8) is 0 Å². The summed E-state index contributed by atoms with van der Waals surface area (Å²) in [5.74, 6) is 0. The summed E-state index contributed by atoms with van der Waals surface area (Å²) in [4.78, 5) is 22.4. The standard InChI is InChI=1S/HNO2.2Na.H2O3Si.2H/c2-1-3;;;1-4(2)3;;/h(H,2,3);;;1-2H;;/q;2*+1;;2*-1. The largest absolute Gasteiger partial charge is 1.00 e. The number of hydrogen-bond acceptors (Lipinski definition) is 3. The SMILES string of the molecule is O=NO.O=[Si](O)O.[H-].[H-].[Na+].[Na+]. The summed E-state index contributed by atoms with van der Waals surface area (Å²) in [7, 11) is -3.13. The van der Waals surface area contributed by atoms with Crippen molar-refractivity contribution in [1.29, 1.82) is 0 Å². The molecule has 0 atom stereocenters. The van der Waals surface area contributed by atoms with Crippen molar-refractivity contribution in [3.05, 3.63) is 4.91 Å². The maximum absolute atomic E-state index is 8.74. The maximum atomic E-state index is 8.74. The first kappa shape index (κ1) is 22.5. The Bertz CT molecular complexity index is 69.5. The zero-order valence-electron chi connectivity index (χ0n) is 7.11. The van der Waals surface area contributed by atoms with Gasteiger partial charge in [0.2, 0.25) is 0 Å². The van der Waals surface area contributed by atoms with Crippen LogP contribution in [0.2, 0.25) is 0 Å². The van der Waals surface area contributed by atoms with Crippen LogP contribution in [0.3, 0.4) is 0 Å². The molecule has 46 valence electrons. The Kier molecular flexibility index (Phi) is 57.6. The van der Waals surface area contributed by atoms with Crippen LogP contribution in [-0.2, 0) is 4.46 Å². The van der Waals surface area contributed by atoms with Gasteiger partial charge < -0.3 is 17.7 Å². The third-order valence-electron chi connectivity index (χ3n) is 0. The van der Waals surface area contributed by atoms with Crippen molar-refractivity contribution in [2.24, 2.45) is 5.34 Å². The van der Waals surface area contributed by atoms with E-state index in [2.05, 4.69) is 0 Å². The fraction of sp³-hybridized carbons (Fsp3) is 0. The van der Waals surface area contributed by atoms with Crippen LogP contribution in [0, 0.1) is 4.91 Å². The molecule has 3 N–H and O–H groups in total. The normalized spacial score (nSPS) is 4.00. The molecule has 0 amide bonds. The average molecular weight is 173 g/mol. The molecule has 0 radical (unpaired) electrons. The quantitative estimate of drug-likeness (QED) is 0.191.